The third kappa shape index (κ3) is 3.27. The van der Waals surface area contributed by atoms with E-state index in [4.69, 9.17) is 22.1 Å². The standard InChI is InChI=1S/C19H15ClN2O3/c1-25-17-8-7-14(10-15(17)20)22-11-13(9-16(21)19(22)24)18(23)12-5-3-2-4-6-12/h2-11H,21H2,1H3. The number of aromatic nitrogens is 1. The first kappa shape index (κ1) is 16.8. The number of ketones is 1. The van der Waals surface area contributed by atoms with E-state index in [9.17, 15) is 9.59 Å². The van der Waals surface area contributed by atoms with Gasteiger partial charge < -0.3 is 10.5 Å². The molecule has 2 aromatic carbocycles. The van der Waals surface area contributed by atoms with E-state index in [1.54, 1.807) is 42.5 Å². The number of hydrogen-bond acceptors (Lipinski definition) is 4. The van der Waals surface area contributed by atoms with Crippen molar-refractivity contribution in [3.63, 3.8) is 0 Å². The van der Waals surface area contributed by atoms with Crippen LogP contribution in [0.15, 0.2) is 65.6 Å². The lowest BCUT2D eigenvalue weighted by atomic mass is 10.0. The summed E-state index contributed by atoms with van der Waals surface area (Å²) in [7, 11) is 1.50. The molecule has 6 heteroatoms. The number of methoxy groups -OCH3 is 1. The number of nitrogen functional groups attached to an aromatic ring is 1. The summed E-state index contributed by atoms with van der Waals surface area (Å²) in [4.78, 5) is 25.0. The summed E-state index contributed by atoms with van der Waals surface area (Å²) in [6, 6.07) is 15.1. The number of nitrogens with zero attached hydrogens (tertiary/aromatic N) is 1. The molecule has 0 unspecified atom stereocenters. The van der Waals surface area contributed by atoms with Crippen LogP contribution in [0.25, 0.3) is 5.69 Å². The average Bonchev–Trinajstić information content (AvgIpc) is 2.64. The van der Waals surface area contributed by atoms with Gasteiger partial charge in [-0.1, -0.05) is 41.9 Å². The Morgan fingerprint density at radius 3 is 2.44 bits per heavy atom. The Kier molecular flexibility index (Phi) is 4.59. The number of pyridine rings is 1. The number of carbonyl (C=O) groups excluding carboxylic acids is 1. The summed E-state index contributed by atoms with van der Waals surface area (Å²) in [5.41, 5.74) is 6.70. The molecule has 0 aliphatic carbocycles. The van der Waals surface area contributed by atoms with Crippen molar-refractivity contribution in [3.8, 4) is 11.4 Å². The van der Waals surface area contributed by atoms with Crippen LogP contribution in [0.2, 0.25) is 5.02 Å². The summed E-state index contributed by atoms with van der Waals surface area (Å²) in [6.07, 6.45) is 1.46. The van der Waals surface area contributed by atoms with Gasteiger partial charge in [-0.25, -0.2) is 0 Å². The minimum atomic E-state index is -0.425. The monoisotopic (exact) mass is 354 g/mol. The number of benzene rings is 2. The predicted molar refractivity (Wildman–Crippen MR) is 97.9 cm³/mol. The van der Waals surface area contributed by atoms with Gasteiger partial charge in [-0.15, -0.1) is 0 Å². The second kappa shape index (κ2) is 6.83. The third-order valence-electron chi connectivity index (χ3n) is 3.76. The van der Waals surface area contributed by atoms with E-state index >= 15 is 0 Å². The maximum atomic E-state index is 12.6. The van der Waals surface area contributed by atoms with E-state index in [2.05, 4.69) is 0 Å². The highest BCUT2D eigenvalue weighted by Gasteiger charge is 2.14. The van der Waals surface area contributed by atoms with Gasteiger partial charge in [-0.05, 0) is 24.3 Å². The highest BCUT2D eigenvalue weighted by Crippen LogP contribution is 2.26. The van der Waals surface area contributed by atoms with Crippen LogP contribution in [0.4, 0.5) is 5.69 Å². The molecule has 0 atom stereocenters. The van der Waals surface area contributed by atoms with Crippen LogP contribution >= 0.6 is 11.6 Å². The molecule has 0 aliphatic rings. The van der Waals surface area contributed by atoms with Crippen LogP contribution in [-0.2, 0) is 0 Å². The molecule has 3 rings (SSSR count). The topological polar surface area (TPSA) is 74.3 Å². The molecule has 2 N–H and O–H groups in total. The van der Waals surface area contributed by atoms with Crippen LogP contribution in [0.1, 0.15) is 15.9 Å². The molecule has 126 valence electrons. The smallest absolute Gasteiger partial charge is 0.278 e. The molecule has 0 saturated heterocycles. The van der Waals surface area contributed by atoms with E-state index in [0.717, 1.165) is 0 Å². The average molecular weight is 355 g/mol. The number of ether oxygens (including phenoxy) is 1. The van der Waals surface area contributed by atoms with E-state index in [1.165, 1.54) is 23.9 Å². The quantitative estimate of drug-likeness (QED) is 0.729. The molecule has 1 heterocycles. The Labute approximate surface area is 149 Å². The van der Waals surface area contributed by atoms with E-state index in [1.807, 2.05) is 6.07 Å². The van der Waals surface area contributed by atoms with Crippen LogP contribution in [0.5, 0.6) is 5.75 Å². The largest absolute Gasteiger partial charge is 0.495 e. The Bertz CT molecular complexity index is 997. The van der Waals surface area contributed by atoms with Crippen molar-refractivity contribution in [1.82, 2.24) is 4.57 Å². The van der Waals surface area contributed by atoms with E-state index < -0.39 is 5.56 Å². The molecular weight excluding hydrogens is 340 g/mol. The lowest BCUT2D eigenvalue weighted by molar-refractivity contribution is 0.103. The van der Waals surface area contributed by atoms with E-state index in [-0.39, 0.29) is 11.5 Å². The Morgan fingerprint density at radius 1 is 1.08 bits per heavy atom. The van der Waals surface area contributed by atoms with Crippen LogP contribution < -0.4 is 16.0 Å². The molecule has 0 bridgehead atoms. The van der Waals surface area contributed by atoms with Crippen LogP contribution in [-0.4, -0.2) is 17.5 Å². The molecule has 0 fully saturated rings. The predicted octanol–water partition coefficient (Wildman–Crippen LogP) is 3.31. The Morgan fingerprint density at radius 2 is 1.80 bits per heavy atom. The maximum Gasteiger partial charge on any atom is 0.278 e. The molecule has 0 amide bonds. The molecule has 0 aliphatic heterocycles. The molecular formula is C19H15ClN2O3. The third-order valence-corrected chi connectivity index (χ3v) is 4.05. The first-order valence-electron chi connectivity index (χ1n) is 7.47. The van der Waals surface area contributed by atoms with Gasteiger partial charge in [0, 0.05) is 17.3 Å². The SMILES string of the molecule is COc1ccc(-n2cc(C(=O)c3ccccc3)cc(N)c2=O)cc1Cl. The number of halogens is 1. The highest BCUT2D eigenvalue weighted by atomic mass is 35.5. The van der Waals surface area contributed by atoms with E-state index in [0.29, 0.717) is 27.6 Å². The highest BCUT2D eigenvalue weighted by molar-refractivity contribution is 6.32. The lowest BCUT2D eigenvalue weighted by Crippen LogP contribution is -2.23. The fraction of sp³-hybridized carbons (Fsp3) is 0.0526. The molecule has 0 spiro atoms. The summed E-state index contributed by atoms with van der Waals surface area (Å²) in [6.45, 7) is 0. The molecule has 25 heavy (non-hydrogen) atoms. The maximum absolute atomic E-state index is 12.6. The fourth-order valence-electron chi connectivity index (χ4n) is 2.48. The number of nitrogens with two attached hydrogens (primary N) is 1. The number of hydrogen-bond donors (Lipinski definition) is 1. The number of carbonyl (C=O) groups is 1. The van der Waals surface area contributed by atoms with Crippen molar-refractivity contribution in [2.75, 3.05) is 12.8 Å². The first-order valence-corrected chi connectivity index (χ1v) is 7.85. The Hall–Kier alpha value is -3.05. The minimum absolute atomic E-state index is 0.0197. The van der Waals surface area contributed by atoms with Gasteiger partial charge in [-0.2, -0.15) is 0 Å². The van der Waals surface area contributed by atoms with Gasteiger partial charge in [-0.3, -0.25) is 14.2 Å². The fourth-order valence-corrected chi connectivity index (χ4v) is 2.73. The lowest BCUT2D eigenvalue weighted by Gasteiger charge is -2.11. The molecule has 1 aromatic heterocycles. The van der Waals surface area contributed by atoms with Crippen LogP contribution in [0, 0.1) is 0 Å². The summed E-state index contributed by atoms with van der Waals surface area (Å²) in [5, 5.41) is 0.352. The summed E-state index contributed by atoms with van der Waals surface area (Å²) < 4.78 is 6.41. The van der Waals surface area contributed by atoms with Crippen molar-refractivity contribution < 1.29 is 9.53 Å². The van der Waals surface area contributed by atoms with Crippen LogP contribution in [0.3, 0.4) is 0 Å². The zero-order valence-corrected chi connectivity index (χ0v) is 14.2. The molecule has 3 aromatic rings. The molecule has 0 radical (unpaired) electrons. The van der Waals surface area contributed by atoms with Crippen molar-refractivity contribution in [3.05, 3.63) is 87.3 Å². The first-order chi connectivity index (χ1) is 12.0. The van der Waals surface area contributed by atoms with Crippen molar-refractivity contribution in [2.24, 2.45) is 0 Å². The van der Waals surface area contributed by atoms with Gasteiger partial charge >= 0.3 is 0 Å². The summed E-state index contributed by atoms with van der Waals surface area (Å²) >= 11 is 6.13. The molecule has 5 nitrogen and oxygen atoms in total. The van der Waals surface area contributed by atoms with Crippen molar-refractivity contribution in [2.45, 2.75) is 0 Å². The van der Waals surface area contributed by atoms with Gasteiger partial charge in [0.1, 0.15) is 5.75 Å². The zero-order chi connectivity index (χ0) is 18.0. The van der Waals surface area contributed by atoms with Gasteiger partial charge in [0.15, 0.2) is 5.78 Å². The number of anilines is 1. The zero-order valence-electron chi connectivity index (χ0n) is 13.4. The second-order valence-corrected chi connectivity index (χ2v) is 5.78. The van der Waals surface area contributed by atoms with Gasteiger partial charge in [0.25, 0.3) is 5.56 Å². The normalized spacial score (nSPS) is 10.5. The summed E-state index contributed by atoms with van der Waals surface area (Å²) in [5.74, 6) is 0.267. The minimum Gasteiger partial charge on any atom is -0.495 e. The van der Waals surface area contributed by atoms with Gasteiger partial charge in [0.05, 0.1) is 23.5 Å². The number of rotatable bonds is 4. The Balaban J connectivity index is 2.12. The van der Waals surface area contributed by atoms with Gasteiger partial charge in [0.2, 0.25) is 0 Å². The van der Waals surface area contributed by atoms with Crippen molar-refractivity contribution >= 4 is 23.1 Å². The molecule has 0 saturated carbocycles. The van der Waals surface area contributed by atoms with Crippen molar-refractivity contribution in [1.29, 1.82) is 0 Å². The second-order valence-electron chi connectivity index (χ2n) is 5.37.